The Bertz CT molecular complexity index is 724. The summed E-state index contributed by atoms with van der Waals surface area (Å²) >= 11 is 11.9. The topological polar surface area (TPSA) is 50.4 Å². The summed E-state index contributed by atoms with van der Waals surface area (Å²) in [6.07, 6.45) is 0. The lowest BCUT2D eigenvalue weighted by Gasteiger charge is -2.13. The fourth-order valence-electron chi connectivity index (χ4n) is 1.93. The zero-order valence-electron chi connectivity index (χ0n) is 12.2. The van der Waals surface area contributed by atoms with Gasteiger partial charge in [0.2, 0.25) is 0 Å². The number of halogens is 2. The SMILES string of the molecule is COc1c(Br)cc(Br)cc1C(=O)NC(=S)NCc1ccccc1. The van der Waals surface area contributed by atoms with Gasteiger partial charge >= 0.3 is 0 Å². The molecule has 0 unspecified atom stereocenters. The van der Waals surface area contributed by atoms with Crippen LogP contribution in [0.25, 0.3) is 0 Å². The molecule has 120 valence electrons. The molecule has 0 aliphatic heterocycles. The molecule has 7 heteroatoms. The Morgan fingerprint density at radius 2 is 1.91 bits per heavy atom. The van der Waals surface area contributed by atoms with Crippen LogP contribution in [0.5, 0.6) is 5.75 Å². The Kier molecular flexibility index (Phi) is 6.56. The van der Waals surface area contributed by atoms with Crippen LogP contribution in [0.15, 0.2) is 51.4 Å². The molecule has 0 saturated heterocycles. The Morgan fingerprint density at radius 3 is 2.57 bits per heavy atom. The molecule has 2 rings (SSSR count). The molecule has 0 saturated carbocycles. The summed E-state index contributed by atoms with van der Waals surface area (Å²) in [6.45, 7) is 0.541. The van der Waals surface area contributed by atoms with Gasteiger partial charge in [-0.3, -0.25) is 10.1 Å². The van der Waals surface area contributed by atoms with Crippen molar-refractivity contribution in [2.75, 3.05) is 7.11 Å². The molecule has 0 heterocycles. The smallest absolute Gasteiger partial charge is 0.261 e. The van der Waals surface area contributed by atoms with Gasteiger partial charge in [0.05, 0.1) is 17.1 Å². The predicted octanol–water partition coefficient (Wildman–Crippen LogP) is 4.02. The van der Waals surface area contributed by atoms with Crippen LogP contribution in [-0.2, 0) is 6.54 Å². The van der Waals surface area contributed by atoms with E-state index in [9.17, 15) is 4.79 Å². The maximum Gasteiger partial charge on any atom is 0.261 e. The van der Waals surface area contributed by atoms with Crippen molar-refractivity contribution in [3.63, 3.8) is 0 Å². The summed E-state index contributed by atoms with van der Waals surface area (Å²) in [5.74, 6) is 0.117. The number of hydrogen-bond donors (Lipinski definition) is 2. The first-order valence-electron chi connectivity index (χ1n) is 6.67. The monoisotopic (exact) mass is 456 g/mol. The van der Waals surface area contributed by atoms with Gasteiger partial charge in [0, 0.05) is 11.0 Å². The van der Waals surface area contributed by atoms with Crippen molar-refractivity contribution >= 4 is 55.1 Å². The minimum atomic E-state index is -0.339. The molecule has 0 atom stereocenters. The molecule has 0 aliphatic rings. The second kappa shape index (κ2) is 8.42. The standard InChI is InChI=1S/C16H14Br2N2O2S/c1-22-14-12(7-11(17)8-13(14)18)15(21)20-16(23)19-9-10-5-3-2-4-6-10/h2-8H,9H2,1H3,(H2,19,20,21,23). The number of carbonyl (C=O) groups excluding carboxylic acids is 1. The summed E-state index contributed by atoms with van der Waals surface area (Å²) < 4.78 is 6.72. The first kappa shape index (κ1) is 17.9. The Hall–Kier alpha value is -1.44. The summed E-state index contributed by atoms with van der Waals surface area (Å²) in [4.78, 5) is 12.4. The normalized spacial score (nSPS) is 10.0. The lowest BCUT2D eigenvalue weighted by atomic mass is 10.2. The van der Waals surface area contributed by atoms with E-state index < -0.39 is 0 Å². The highest BCUT2D eigenvalue weighted by molar-refractivity contribution is 9.11. The van der Waals surface area contributed by atoms with Gasteiger partial charge in [0.25, 0.3) is 5.91 Å². The molecule has 2 N–H and O–H groups in total. The summed E-state index contributed by atoms with van der Waals surface area (Å²) in [7, 11) is 1.51. The number of hydrogen-bond acceptors (Lipinski definition) is 3. The number of rotatable bonds is 4. The van der Waals surface area contributed by atoms with Crippen molar-refractivity contribution in [1.82, 2.24) is 10.6 Å². The Labute approximate surface area is 156 Å². The van der Waals surface area contributed by atoms with Gasteiger partial charge in [-0.15, -0.1) is 0 Å². The van der Waals surface area contributed by atoms with E-state index in [0.29, 0.717) is 22.3 Å². The molecule has 0 radical (unpaired) electrons. The van der Waals surface area contributed by atoms with Crippen molar-refractivity contribution in [3.05, 3.63) is 62.5 Å². The van der Waals surface area contributed by atoms with Gasteiger partial charge in [-0.05, 0) is 45.8 Å². The number of amides is 1. The average molecular weight is 458 g/mol. The quantitative estimate of drug-likeness (QED) is 0.680. The summed E-state index contributed by atoms with van der Waals surface area (Å²) in [5, 5.41) is 5.92. The molecule has 2 aromatic rings. The fraction of sp³-hybridized carbons (Fsp3) is 0.125. The zero-order valence-corrected chi connectivity index (χ0v) is 16.2. The number of thiocarbonyl (C=S) groups is 1. The molecule has 0 fully saturated rings. The Balaban J connectivity index is 2.03. The number of benzene rings is 2. The largest absolute Gasteiger partial charge is 0.495 e. The van der Waals surface area contributed by atoms with Gasteiger partial charge in [-0.25, -0.2) is 0 Å². The van der Waals surface area contributed by atoms with Crippen molar-refractivity contribution < 1.29 is 9.53 Å². The highest BCUT2D eigenvalue weighted by atomic mass is 79.9. The summed E-state index contributed by atoms with van der Waals surface area (Å²) in [6, 6.07) is 13.3. The molecule has 0 spiro atoms. The molecule has 0 bridgehead atoms. The molecular formula is C16H14Br2N2O2S. The third-order valence-corrected chi connectivity index (χ3v) is 4.27. The van der Waals surface area contributed by atoms with E-state index in [4.69, 9.17) is 17.0 Å². The van der Waals surface area contributed by atoms with E-state index in [1.54, 1.807) is 6.07 Å². The first-order chi connectivity index (χ1) is 11.0. The molecule has 4 nitrogen and oxygen atoms in total. The van der Waals surface area contributed by atoms with Gasteiger partial charge in [-0.2, -0.15) is 0 Å². The lowest BCUT2D eigenvalue weighted by molar-refractivity contribution is 0.0973. The number of nitrogens with one attached hydrogen (secondary N) is 2. The van der Waals surface area contributed by atoms with Gasteiger partial charge in [0.1, 0.15) is 5.75 Å². The number of methoxy groups -OCH3 is 1. The second-order valence-electron chi connectivity index (χ2n) is 4.59. The molecular weight excluding hydrogens is 444 g/mol. The van der Waals surface area contributed by atoms with Gasteiger partial charge in [0.15, 0.2) is 5.11 Å². The van der Waals surface area contributed by atoms with Crippen LogP contribution >= 0.6 is 44.1 Å². The second-order valence-corrected chi connectivity index (χ2v) is 6.77. The molecule has 1 amide bonds. The first-order valence-corrected chi connectivity index (χ1v) is 8.67. The predicted molar refractivity (Wildman–Crippen MR) is 102 cm³/mol. The lowest BCUT2D eigenvalue weighted by Crippen LogP contribution is -2.39. The van der Waals surface area contributed by atoms with Crippen LogP contribution in [0.3, 0.4) is 0 Å². The van der Waals surface area contributed by atoms with Crippen LogP contribution in [-0.4, -0.2) is 18.1 Å². The highest BCUT2D eigenvalue weighted by Gasteiger charge is 2.17. The van der Waals surface area contributed by atoms with Crippen LogP contribution in [0, 0.1) is 0 Å². The van der Waals surface area contributed by atoms with Crippen molar-refractivity contribution in [1.29, 1.82) is 0 Å². The number of carbonyl (C=O) groups is 1. The van der Waals surface area contributed by atoms with E-state index in [-0.39, 0.29) is 11.0 Å². The van der Waals surface area contributed by atoms with Crippen molar-refractivity contribution in [2.45, 2.75) is 6.54 Å². The van der Waals surface area contributed by atoms with Crippen LogP contribution < -0.4 is 15.4 Å². The molecule has 0 aromatic heterocycles. The van der Waals surface area contributed by atoms with E-state index in [1.165, 1.54) is 7.11 Å². The highest BCUT2D eigenvalue weighted by Crippen LogP contribution is 2.32. The third kappa shape index (κ3) is 5.02. The number of ether oxygens (including phenoxy) is 1. The van der Waals surface area contributed by atoms with E-state index in [1.807, 2.05) is 36.4 Å². The van der Waals surface area contributed by atoms with Crippen LogP contribution in [0.1, 0.15) is 15.9 Å². The maximum atomic E-state index is 12.4. The minimum Gasteiger partial charge on any atom is -0.495 e. The van der Waals surface area contributed by atoms with Crippen molar-refractivity contribution in [3.8, 4) is 5.75 Å². The van der Waals surface area contributed by atoms with Gasteiger partial charge in [-0.1, -0.05) is 46.3 Å². The van der Waals surface area contributed by atoms with E-state index in [2.05, 4.69) is 42.5 Å². The van der Waals surface area contributed by atoms with Crippen LogP contribution in [0.2, 0.25) is 0 Å². The van der Waals surface area contributed by atoms with Crippen LogP contribution in [0.4, 0.5) is 0 Å². The van der Waals surface area contributed by atoms with Gasteiger partial charge < -0.3 is 10.1 Å². The minimum absolute atomic E-state index is 0.261. The van der Waals surface area contributed by atoms with Crippen molar-refractivity contribution in [2.24, 2.45) is 0 Å². The molecule has 2 aromatic carbocycles. The van der Waals surface area contributed by atoms with E-state index in [0.717, 1.165) is 10.0 Å². The Morgan fingerprint density at radius 1 is 1.22 bits per heavy atom. The third-order valence-electron chi connectivity index (χ3n) is 2.98. The zero-order chi connectivity index (χ0) is 16.8. The van der Waals surface area contributed by atoms with E-state index >= 15 is 0 Å². The summed E-state index contributed by atoms with van der Waals surface area (Å²) in [5.41, 5.74) is 1.46. The molecule has 23 heavy (non-hydrogen) atoms. The maximum absolute atomic E-state index is 12.4. The fourth-order valence-corrected chi connectivity index (χ4v) is 3.48. The molecule has 0 aliphatic carbocycles. The average Bonchev–Trinajstić information content (AvgIpc) is 2.53.